The molecule has 1 heterocycles. The summed E-state index contributed by atoms with van der Waals surface area (Å²) in [4.78, 5) is 36.2. The number of nitrogens with one attached hydrogen (secondary N) is 2. The number of amides is 3. The van der Waals surface area contributed by atoms with Gasteiger partial charge in [0.15, 0.2) is 0 Å². The number of urea groups is 1. The summed E-state index contributed by atoms with van der Waals surface area (Å²) in [6.45, 7) is 4.95. The normalized spacial score (nSPS) is 19.8. The van der Waals surface area contributed by atoms with Gasteiger partial charge < -0.3 is 5.32 Å². The lowest BCUT2D eigenvalue weighted by Gasteiger charge is -2.29. The van der Waals surface area contributed by atoms with Gasteiger partial charge in [0.05, 0.1) is 5.69 Å². The highest BCUT2D eigenvalue weighted by Gasteiger charge is 2.23. The lowest BCUT2D eigenvalue weighted by atomic mass is 9.86. The molecule has 1 aliphatic rings. The molecule has 3 amide bonds. The number of hydrogen-bond acceptors (Lipinski definition) is 5. The van der Waals surface area contributed by atoms with Gasteiger partial charge in [0.25, 0.3) is 5.56 Å². The zero-order valence-corrected chi connectivity index (χ0v) is 14.8. The number of imide groups is 1. The van der Waals surface area contributed by atoms with E-state index in [1.165, 1.54) is 0 Å². The van der Waals surface area contributed by atoms with Gasteiger partial charge in [-0.3, -0.25) is 14.9 Å². The number of nitriles is 1. The largest absolute Gasteiger partial charge is 0.335 e. The molecule has 1 fully saturated rings. The van der Waals surface area contributed by atoms with E-state index in [1.54, 1.807) is 13.8 Å². The van der Waals surface area contributed by atoms with Crippen LogP contribution in [0.3, 0.4) is 0 Å². The Hall–Kier alpha value is -2.69. The zero-order valence-electron chi connectivity index (χ0n) is 14.8. The van der Waals surface area contributed by atoms with Gasteiger partial charge in [0.1, 0.15) is 18.2 Å². The molecule has 25 heavy (non-hydrogen) atoms. The first-order valence-corrected chi connectivity index (χ1v) is 8.42. The van der Waals surface area contributed by atoms with E-state index in [-0.39, 0.29) is 11.6 Å². The average molecular weight is 345 g/mol. The average Bonchev–Trinajstić information content (AvgIpc) is 2.55. The molecule has 0 aromatic carbocycles. The molecule has 1 saturated carbocycles. The molecule has 0 bridgehead atoms. The minimum atomic E-state index is -0.650. The van der Waals surface area contributed by atoms with Crippen molar-refractivity contribution in [3.63, 3.8) is 0 Å². The Bertz CT molecular complexity index is 778. The zero-order chi connectivity index (χ0) is 18.6. The summed E-state index contributed by atoms with van der Waals surface area (Å²) >= 11 is 0. The molecule has 1 aromatic heterocycles. The standard InChI is InChI=1S/C17H23N5O3/c1-10-6-4-5-7-14(10)19-17(25)20-15(23)9-22-16(24)13(8-18)11(2)12(3)21-22/h10,14H,4-7,9H2,1-3H3,(H2,19,20,23,25)/t10-,14+/m0/s1. The quantitative estimate of drug-likeness (QED) is 0.852. The maximum absolute atomic E-state index is 12.2. The Kier molecular flexibility index (Phi) is 5.91. The van der Waals surface area contributed by atoms with Crippen LogP contribution in [-0.4, -0.2) is 27.8 Å². The van der Waals surface area contributed by atoms with Crippen LogP contribution in [0.2, 0.25) is 0 Å². The van der Waals surface area contributed by atoms with Gasteiger partial charge in [-0.2, -0.15) is 10.4 Å². The first-order chi connectivity index (χ1) is 11.8. The Morgan fingerprint density at radius 2 is 2.00 bits per heavy atom. The minimum Gasteiger partial charge on any atom is -0.335 e. The summed E-state index contributed by atoms with van der Waals surface area (Å²) in [5.41, 5.74) is 0.306. The van der Waals surface area contributed by atoms with Gasteiger partial charge in [-0.05, 0) is 38.2 Å². The number of aryl methyl sites for hydroxylation is 1. The molecule has 2 N–H and O–H groups in total. The van der Waals surface area contributed by atoms with Crippen LogP contribution in [0.4, 0.5) is 4.79 Å². The fourth-order valence-corrected chi connectivity index (χ4v) is 3.05. The van der Waals surface area contributed by atoms with Crippen LogP contribution in [-0.2, 0) is 11.3 Å². The third-order valence-electron chi connectivity index (χ3n) is 4.72. The number of nitrogens with zero attached hydrogens (tertiary/aromatic N) is 3. The molecule has 0 saturated heterocycles. The summed E-state index contributed by atoms with van der Waals surface area (Å²) in [7, 11) is 0. The van der Waals surface area contributed by atoms with E-state index in [0.717, 1.165) is 30.4 Å². The molecule has 8 nitrogen and oxygen atoms in total. The van der Waals surface area contributed by atoms with Crippen LogP contribution >= 0.6 is 0 Å². The number of hydrogen-bond donors (Lipinski definition) is 2. The monoisotopic (exact) mass is 345 g/mol. The van der Waals surface area contributed by atoms with Crippen molar-refractivity contribution < 1.29 is 9.59 Å². The van der Waals surface area contributed by atoms with Crippen LogP contribution in [0.5, 0.6) is 0 Å². The van der Waals surface area contributed by atoms with Crippen molar-refractivity contribution in [3.05, 3.63) is 27.2 Å². The second-order valence-corrected chi connectivity index (χ2v) is 6.55. The molecule has 134 valence electrons. The molecular weight excluding hydrogens is 322 g/mol. The summed E-state index contributed by atoms with van der Waals surface area (Å²) < 4.78 is 0.909. The molecule has 0 spiro atoms. The van der Waals surface area contributed by atoms with Crippen molar-refractivity contribution in [1.82, 2.24) is 20.4 Å². The van der Waals surface area contributed by atoms with Gasteiger partial charge in [-0.15, -0.1) is 0 Å². The van der Waals surface area contributed by atoms with E-state index in [1.807, 2.05) is 6.07 Å². The molecule has 1 aromatic rings. The van der Waals surface area contributed by atoms with Crippen molar-refractivity contribution in [2.45, 2.75) is 59.0 Å². The first-order valence-electron chi connectivity index (χ1n) is 8.42. The highest BCUT2D eigenvalue weighted by Crippen LogP contribution is 2.23. The molecule has 2 atom stereocenters. The van der Waals surface area contributed by atoms with Crippen LogP contribution in [0.1, 0.15) is 49.4 Å². The predicted molar refractivity (Wildman–Crippen MR) is 90.8 cm³/mol. The highest BCUT2D eigenvalue weighted by atomic mass is 16.2. The van der Waals surface area contributed by atoms with Crippen molar-refractivity contribution in [3.8, 4) is 6.07 Å². The lowest BCUT2D eigenvalue weighted by Crippen LogP contribution is -2.49. The van der Waals surface area contributed by atoms with Crippen molar-refractivity contribution in [2.75, 3.05) is 0 Å². The molecule has 0 aliphatic heterocycles. The SMILES string of the molecule is Cc1nn(CC(=O)NC(=O)N[C@@H]2CCCC[C@@H]2C)c(=O)c(C#N)c1C. The minimum absolute atomic E-state index is 0.0409. The molecular formula is C17H23N5O3. The van der Waals surface area contributed by atoms with E-state index in [9.17, 15) is 14.4 Å². The van der Waals surface area contributed by atoms with E-state index >= 15 is 0 Å². The molecule has 2 rings (SSSR count). The summed E-state index contributed by atoms with van der Waals surface area (Å²) in [5.74, 6) is -0.278. The third-order valence-corrected chi connectivity index (χ3v) is 4.72. The number of carbonyl (C=O) groups is 2. The molecule has 1 aliphatic carbocycles. The highest BCUT2D eigenvalue weighted by molar-refractivity contribution is 5.94. The maximum Gasteiger partial charge on any atom is 0.321 e. The van der Waals surface area contributed by atoms with E-state index in [2.05, 4.69) is 22.7 Å². The van der Waals surface area contributed by atoms with E-state index in [4.69, 9.17) is 5.26 Å². The van der Waals surface area contributed by atoms with Crippen LogP contribution in [0.15, 0.2) is 4.79 Å². The number of rotatable bonds is 3. The van der Waals surface area contributed by atoms with Gasteiger partial charge in [0, 0.05) is 6.04 Å². The van der Waals surface area contributed by atoms with Gasteiger partial charge in [0.2, 0.25) is 5.91 Å². The molecule has 0 radical (unpaired) electrons. The summed E-state index contributed by atoms with van der Waals surface area (Å²) in [5, 5.41) is 18.1. The Balaban J connectivity index is 2.01. The summed E-state index contributed by atoms with van der Waals surface area (Å²) in [6.07, 6.45) is 4.16. The van der Waals surface area contributed by atoms with Gasteiger partial charge in [-0.1, -0.05) is 19.8 Å². The first kappa shape index (κ1) is 18.6. The Morgan fingerprint density at radius 1 is 1.32 bits per heavy atom. The predicted octanol–water partition coefficient (Wildman–Crippen LogP) is 1.14. The van der Waals surface area contributed by atoms with Crippen LogP contribution in [0.25, 0.3) is 0 Å². The topological polar surface area (TPSA) is 117 Å². The summed E-state index contributed by atoms with van der Waals surface area (Å²) in [6, 6.07) is 1.32. The number of carbonyl (C=O) groups excluding carboxylic acids is 2. The second-order valence-electron chi connectivity index (χ2n) is 6.55. The molecule has 8 heteroatoms. The fraction of sp³-hybridized carbons (Fsp3) is 0.588. The lowest BCUT2D eigenvalue weighted by molar-refractivity contribution is -0.120. The van der Waals surface area contributed by atoms with E-state index in [0.29, 0.717) is 17.2 Å². The Labute approximate surface area is 146 Å². The van der Waals surface area contributed by atoms with Crippen molar-refractivity contribution >= 4 is 11.9 Å². The Morgan fingerprint density at radius 3 is 2.64 bits per heavy atom. The van der Waals surface area contributed by atoms with Gasteiger partial charge >= 0.3 is 6.03 Å². The fourth-order valence-electron chi connectivity index (χ4n) is 3.05. The maximum atomic E-state index is 12.2. The van der Waals surface area contributed by atoms with Gasteiger partial charge in [-0.25, -0.2) is 9.48 Å². The molecule has 0 unspecified atom stereocenters. The van der Waals surface area contributed by atoms with E-state index < -0.39 is 24.0 Å². The van der Waals surface area contributed by atoms with Crippen LogP contribution < -0.4 is 16.2 Å². The van der Waals surface area contributed by atoms with Crippen molar-refractivity contribution in [2.24, 2.45) is 5.92 Å². The second kappa shape index (κ2) is 7.92. The van der Waals surface area contributed by atoms with Crippen molar-refractivity contribution in [1.29, 1.82) is 5.26 Å². The number of aromatic nitrogens is 2. The third kappa shape index (κ3) is 4.44. The van der Waals surface area contributed by atoms with Crippen LogP contribution in [0, 0.1) is 31.1 Å². The smallest absolute Gasteiger partial charge is 0.321 e.